The fourth-order valence-corrected chi connectivity index (χ4v) is 4.07. The summed E-state index contributed by atoms with van der Waals surface area (Å²) in [6, 6.07) is 8.25. The average molecular weight is 464 g/mol. The summed E-state index contributed by atoms with van der Waals surface area (Å²) in [6.07, 6.45) is -1.36. The van der Waals surface area contributed by atoms with Gasteiger partial charge in [0.2, 0.25) is 0 Å². The molecule has 1 aromatic carbocycles. The summed E-state index contributed by atoms with van der Waals surface area (Å²) in [5.41, 5.74) is -0.232. The minimum atomic E-state index is -2.09. The molecule has 32 heavy (non-hydrogen) atoms. The van der Waals surface area contributed by atoms with Gasteiger partial charge in [0, 0.05) is 12.0 Å². The van der Waals surface area contributed by atoms with Crippen LogP contribution in [0.5, 0.6) is 0 Å². The van der Waals surface area contributed by atoms with E-state index in [1.165, 1.54) is 0 Å². The maximum absolute atomic E-state index is 13.1. The van der Waals surface area contributed by atoms with Crippen LogP contribution >= 0.6 is 0 Å². The molecule has 0 N–H and O–H groups in total. The number of carbonyl (C=O) groups is 3. The molecule has 0 bridgehead atoms. The van der Waals surface area contributed by atoms with Crippen LogP contribution in [-0.2, 0) is 18.7 Å². The van der Waals surface area contributed by atoms with Gasteiger partial charge in [-0.05, 0) is 38.9 Å². The third-order valence-electron chi connectivity index (χ3n) is 5.91. The molecular weight excluding hydrogens is 426 g/mol. The minimum Gasteiger partial charge on any atom is -0.443 e. The van der Waals surface area contributed by atoms with E-state index in [9.17, 15) is 14.4 Å². The molecule has 2 rings (SSSR count). The smallest absolute Gasteiger partial charge is 0.417 e. The number of benzene rings is 1. The zero-order chi connectivity index (χ0) is 24.3. The molecule has 0 aliphatic carbocycles. The number of ether oxygens (including phenoxy) is 2. The Morgan fingerprint density at radius 2 is 1.66 bits per heavy atom. The fraction of sp³-hybridized carbons (Fsp3) is 0.625. The predicted molar refractivity (Wildman–Crippen MR) is 125 cm³/mol. The number of rotatable bonds is 7. The molecule has 1 heterocycles. The van der Waals surface area contributed by atoms with E-state index in [1.54, 1.807) is 45.0 Å². The first kappa shape index (κ1) is 26.2. The summed E-state index contributed by atoms with van der Waals surface area (Å²) in [5.74, 6) is -0.716. The number of hydrogen-bond acceptors (Lipinski definition) is 6. The molecule has 8 heteroatoms. The van der Waals surface area contributed by atoms with E-state index in [0.717, 1.165) is 4.90 Å². The molecule has 1 aliphatic heterocycles. The standard InChI is InChI=1S/C24H37NO6Si/c1-23(2,3)31-22(28)25-18(15-30-32(7,8)24(4,5)6)14-20(21(25)27)29-16-19(26)17-12-10-9-11-13-17/h9-13,18,20H,14-16H2,1-8H3. The van der Waals surface area contributed by atoms with E-state index in [0.29, 0.717) is 5.56 Å². The van der Waals surface area contributed by atoms with Crippen LogP contribution in [-0.4, -0.2) is 62.0 Å². The molecule has 0 spiro atoms. The molecule has 0 aromatic heterocycles. The van der Waals surface area contributed by atoms with Crippen molar-refractivity contribution in [3.8, 4) is 0 Å². The Hall–Kier alpha value is -2.03. The second-order valence-electron chi connectivity index (χ2n) is 10.7. The van der Waals surface area contributed by atoms with Crippen LogP contribution in [0.15, 0.2) is 30.3 Å². The Morgan fingerprint density at radius 3 is 2.19 bits per heavy atom. The summed E-state index contributed by atoms with van der Waals surface area (Å²) in [4.78, 5) is 39.4. The van der Waals surface area contributed by atoms with Gasteiger partial charge >= 0.3 is 6.09 Å². The lowest BCUT2D eigenvalue weighted by molar-refractivity contribution is -0.136. The van der Waals surface area contributed by atoms with Crippen molar-refractivity contribution in [3.05, 3.63) is 35.9 Å². The van der Waals surface area contributed by atoms with Gasteiger partial charge in [-0.1, -0.05) is 51.1 Å². The van der Waals surface area contributed by atoms with Gasteiger partial charge in [-0.2, -0.15) is 0 Å². The van der Waals surface area contributed by atoms with Crippen molar-refractivity contribution in [2.45, 2.75) is 83.8 Å². The third-order valence-corrected chi connectivity index (χ3v) is 10.4. The molecule has 2 unspecified atom stereocenters. The molecule has 2 atom stereocenters. The Morgan fingerprint density at radius 1 is 1.06 bits per heavy atom. The predicted octanol–water partition coefficient (Wildman–Crippen LogP) is 4.81. The highest BCUT2D eigenvalue weighted by Gasteiger charge is 2.47. The highest BCUT2D eigenvalue weighted by atomic mass is 28.4. The summed E-state index contributed by atoms with van der Waals surface area (Å²) < 4.78 is 17.4. The van der Waals surface area contributed by atoms with Gasteiger partial charge in [0.15, 0.2) is 14.1 Å². The number of ketones is 1. The number of carbonyl (C=O) groups excluding carboxylic acids is 3. The monoisotopic (exact) mass is 463 g/mol. The van der Waals surface area contributed by atoms with Gasteiger partial charge in [0.1, 0.15) is 18.3 Å². The number of hydrogen-bond donors (Lipinski definition) is 0. The maximum atomic E-state index is 13.1. The van der Waals surface area contributed by atoms with Gasteiger partial charge in [-0.3, -0.25) is 9.59 Å². The second kappa shape index (κ2) is 9.85. The quantitative estimate of drug-likeness (QED) is 0.426. The average Bonchev–Trinajstić information content (AvgIpc) is 2.98. The van der Waals surface area contributed by atoms with E-state index in [-0.39, 0.29) is 30.5 Å². The first-order valence-corrected chi connectivity index (χ1v) is 13.9. The summed E-state index contributed by atoms with van der Waals surface area (Å²) in [6.45, 7) is 15.9. The molecule has 178 valence electrons. The van der Waals surface area contributed by atoms with Gasteiger partial charge in [-0.15, -0.1) is 0 Å². The van der Waals surface area contributed by atoms with Gasteiger partial charge in [0.05, 0.1) is 12.6 Å². The molecule has 1 aliphatic rings. The largest absolute Gasteiger partial charge is 0.443 e. The Kier molecular flexibility index (Phi) is 8.07. The highest BCUT2D eigenvalue weighted by Crippen LogP contribution is 2.37. The Balaban J connectivity index is 2.13. The summed E-state index contributed by atoms with van der Waals surface area (Å²) >= 11 is 0. The van der Waals surface area contributed by atoms with E-state index in [1.807, 2.05) is 6.07 Å². The topological polar surface area (TPSA) is 82.1 Å². The van der Waals surface area contributed by atoms with Crippen LogP contribution in [0.3, 0.4) is 0 Å². The third kappa shape index (κ3) is 6.73. The van der Waals surface area contributed by atoms with Gasteiger partial charge in [0.25, 0.3) is 5.91 Å². The van der Waals surface area contributed by atoms with Crippen LogP contribution in [0.4, 0.5) is 4.79 Å². The maximum Gasteiger partial charge on any atom is 0.417 e. The first-order chi connectivity index (χ1) is 14.6. The van der Waals surface area contributed by atoms with E-state index >= 15 is 0 Å². The lowest BCUT2D eigenvalue weighted by atomic mass is 10.1. The second-order valence-corrected chi connectivity index (χ2v) is 15.5. The van der Waals surface area contributed by atoms with Crippen LogP contribution in [0, 0.1) is 0 Å². The number of Topliss-reactive ketones (excluding diaryl/α,β-unsaturated/α-hetero) is 1. The van der Waals surface area contributed by atoms with Crippen molar-refractivity contribution in [1.29, 1.82) is 0 Å². The lowest BCUT2D eigenvalue weighted by Gasteiger charge is -2.37. The molecule has 1 aromatic rings. The lowest BCUT2D eigenvalue weighted by Crippen LogP contribution is -2.48. The number of amides is 2. The van der Waals surface area contributed by atoms with Crippen molar-refractivity contribution < 1.29 is 28.3 Å². The number of likely N-dealkylation sites (tertiary alicyclic amines) is 1. The number of imide groups is 1. The zero-order valence-electron chi connectivity index (χ0n) is 20.6. The van der Waals surface area contributed by atoms with Crippen molar-refractivity contribution in [2.75, 3.05) is 13.2 Å². The molecular formula is C24H37NO6Si. The molecule has 0 radical (unpaired) electrons. The fourth-order valence-electron chi connectivity index (χ4n) is 3.03. The number of nitrogens with zero attached hydrogens (tertiary/aromatic N) is 1. The minimum absolute atomic E-state index is 0.00956. The van der Waals surface area contributed by atoms with Gasteiger partial charge in [-0.25, -0.2) is 9.69 Å². The summed E-state index contributed by atoms with van der Waals surface area (Å²) in [7, 11) is -2.09. The van der Waals surface area contributed by atoms with E-state index in [4.69, 9.17) is 13.9 Å². The summed E-state index contributed by atoms with van der Waals surface area (Å²) in [5, 5.41) is -0.00956. The van der Waals surface area contributed by atoms with Crippen LogP contribution in [0.25, 0.3) is 0 Å². The zero-order valence-corrected chi connectivity index (χ0v) is 21.6. The van der Waals surface area contributed by atoms with Crippen molar-refractivity contribution >= 4 is 26.1 Å². The molecule has 2 amide bonds. The van der Waals surface area contributed by atoms with E-state index < -0.39 is 38.1 Å². The van der Waals surface area contributed by atoms with Crippen molar-refractivity contribution in [1.82, 2.24) is 4.90 Å². The van der Waals surface area contributed by atoms with Crippen molar-refractivity contribution in [2.24, 2.45) is 0 Å². The normalized spacial score (nSPS) is 19.9. The Bertz CT molecular complexity index is 825. The van der Waals surface area contributed by atoms with Crippen LogP contribution in [0.2, 0.25) is 18.1 Å². The molecule has 1 fully saturated rings. The van der Waals surface area contributed by atoms with Crippen LogP contribution < -0.4 is 0 Å². The molecule has 1 saturated heterocycles. The Labute approximate surface area is 192 Å². The molecule has 7 nitrogen and oxygen atoms in total. The SMILES string of the molecule is CC(C)(C)OC(=O)N1C(=O)C(OCC(=O)c2ccccc2)CC1CO[Si](C)(C)C(C)(C)C. The van der Waals surface area contributed by atoms with E-state index in [2.05, 4.69) is 33.9 Å². The molecule has 0 saturated carbocycles. The van der Waals surface area contributed by atoms with Gasteiger partial charge < -0.3 is 13.9 Å². The first-order valence-electron chi connectivity index (χ1n) is 11.0. The highest BCUT2D eigenvalue weighted by molar-refractivity contribution is 6.74. The van der Waals surface area contributed by atoms with Crippen molar-refractivity contribution in [3.63, 3.8) is 0 Å². The van der Waals surface area contributed by atoms with Crippen LogP contribution in [0.1, 0.15) is 58.3 Å².